The van der Waals surface area contributed by atoms with E-state index in [2.05, 4.69) is 22.4 Å². The van der Waals surface area contributed by atoms with Gasteiger partial charge in [0.2, 0.25) is 0 Å². The molecule has 0 unspecified atom stereocenters. The minimum absolute atomic E-state index is 0.532. The zero-order valence-corrected chi connectivity index (χ0v) is 11.6. The fraction of sp³-hybridized carbons (Fsp3) is 0.333. The highest BCUT2D eigenvalue weighted by Gasteiger charge is 2.18. The van der Waals surface area contributed by atoms with Crippen LogP contribution in [0.5, 0.6) is 0 Å². The zero-order valence-electron chi connectivity index (χ0n) is 10.8. The monoisotopic (exact) mass is 269 g/mol. The number of nitrogens with zero attached hydrogens (tertiary/aromatic N) is 2. The number of hydrogen-bond acceptors (Lipinski definition) is 4. The van der Waals surface area contributed by atoms with E-state index in [4.69, 9.17) is 0 Å². The van der Waals surface area contributed by atoms with E-state index in [0.29, 0.717) is 6.04 Å². The fourth-order valence-corrected chi connectivity index (χ4v) is 3.06. The number of thiazole rings is 1. The van der Waals surface area contributed by atoms with Crippen molar-refractivity contribution < 1.29 is 0 Å². The van der Waals surface area contributed by atoms with Gasteiger partial charge in [-0.1, -0.05) is 6.07 Å². The van der Waals surface area contributed by atoms with Gasteiger partial charge in [0.05, 0.1) is 27.3 Å². The Bertz CT molecular complexity index is 635. The van der Waals surface area contributed by atoms with Crippen LogP contribution in [0.2, 0.25) is 0 Å². The molecule has 1 heterocycles. The van der Waals surface area contributed by atoms with Crippen molar-refractivity contribution in [2.45, 2.75) is 32.2 Å². The number of aryl methyl sites for hydroxylation is 1. The molecule has 1 N–H and O–H groups in total. The molecule has 1 aromatic heterocycles. The molecule has 0 bridgehead atoms. The average Bonchev–Trinajstić information content (AvgIpc) is 2.80. The summed E-state index contributed by atoms with van der Waals surface area (Å²) in [6, 6.07) is 8.78. The first-order chi connectivity index (χ1) is 9.28. The molecule has 1 aliphatic rings. The van der Waals surface area contributed by atoms with Gasteiger partial charge in [0.25, 0.3) is 0 Å². The van der Waals surface area contributed by atoms with Crippen LogP contribution >= 0.6 is 11.3 Å². The van der Waals surface area contributed by atoms with E-state index >= 15 is 0 Å². The minimum atomic E-state index is 0.532. The van der Waals surface area contributed by atoms with Crippen molar-refractivity contribution >= 4 is 17.0 Å². The van der Waals surface area contributed by atoms with Crippen LogP contribution in [-0.2, 0) is 0 Å². The lowest BCUT2D eigenvalue weighted by atomic mass is 9.92. The summed E-state index contributed by atoms with van der Waals surface area (Å²) in [6.45, 7) is 2.02. The van der Waals surface area contributed by atoms with Crippen LogP contribution in [0.1, 0.15) is 30.5 Å². The second-order valence-electron chi connectivity index (χ2n) is 4.91. The Kier molecular flexibility index (Phi) is 3.22. The number of nitrogens with one attached hydrogen (secondary N) is 1. The molecule has 96 valence electrons. The molecule has 0 radical (unpaired) electrons. The van der Waals surface area contributed by atoms with Crippen LogP contribution in [0.4, 0.5) is 5.69 Å². The summed E-state index contributed by atoms with van der Waals surface area (Å²) < 4.78 is 0. The lowest BCUT2D eigenvalue weighted by Gasteiger charge is -2.28. The molecule has 19 heavy (non-hydrogen) atoms. The lowest BCUT2D eigenvalue weighted by Crippen LogP contribution is -2.27. The standard InChI is InChI=1S/C15H15N3S/c1-10-15(19-9-17-10)11-5-6-12(8-16)14(7-11)18-13-3-2-4-13/h5-7,9,13,18H,2-4H2,1H3. The maximum Gasteiger partial charge on any atom is 0.101 e. The lowest BCUT2D eigenvalue weighted by molar-refractivity contribution is 0.445. The topological polar surface area (TPSA) is 48.7 Å². The molecule has 1 saturated carbocycles. The Hall–Kier alpha value is -1.86. The third kappa shape index (κ3) is 2.34. The molecule has 0 aliphatic heterocycles. The first-order valence-corrected chi connectivity index (χ1v) is 7.37. The van der Waals surface area contributed by atoms with Gasteiger partial charge in [-0.15, -0.1) is 11.3 Å². The summed E-state index contributed by atoms with van der Waals surface area (Å²) in [4.78, 5) is 5.47. The maximum absolute atomic E-state index is 9.20. The molecule has 2 aromatic rings. The van der Waals surface area contributed by atoms with Crippen LogP contribution in [0.25, 0.3) is 10.4 Å². The smallest absolute Gasteiger partial charge is 0.101 e. The fourth-order valence-electron chi connectivity index (χ4n) is 2.25. The third-order valence-electron chi connectivity index (χ3n) is 3.61. The molecule has 0 saturated heterocycles. The molecule has 0 atom stereocenters. The quantitative estimate of drug-likeness (QED) is 0.917. The molecular formula is C15H15N3S. The van der Waals surface area contributed by atoms with Crippen molar-refractivity contribution in [1.82, 2.24) is 4.98 Å². The van der Waals surface area contributed by atoms with Crippen LogP contribution in [-0.4, -0.2) is 11.0 Å². The van der Waals surface area contributed by atoms with Gasteiger partial charge < -0.3 is 5.32 Å². The summed E-state index contributed by atoms with van der Waals surface area (Å²) in [6.07, 6.45) is 3.69. The summed E-state index contributed by atoms with van der Waals surface area (Å²) >= 11 is 1.64. The number of anilines is 1. The van der Waals surface area contributed by atoms with Gasteiger partial charge in [-0.3, -0.25) is 0 Å². The van der Waals surface area contributed by atoms with E-state index in [1.807, 2.05) is 24.6 Å². The average molecular weight is 269 g/mol. The number of nitriles is 1. The highest BCUT2D eigenvalue weighted by atomic mass is 32.1. The molecule has 1 aliphatic carbocycles. The number of aromatic nitrogens is 1. The van der Waals surface area contributed by atoms with Gasteiger partial charge >= 0.3 is 0 Å². The first-order valence-electron chi connectivity index (χ1n) is 6.49. The van der Waals surface area contributed by atoms with Crippen LogP contribution in [0.3, 0.4) is 0 Å². The van der Waals surface area contributed by atoms with Crippen LogP contribution in [0, 0.1) is 18.3 Å². The van der Waals surface area contributed by atoms with Gasteiger partial charge in [0.15, 0.2) is 0 Å². The van der Waals surface area contributed by atoms with E-state index in [9.17, 15) is 5.26 Å². The molecule has 0 spiro atoms. The second kappa shape index (κ2) is 5.02. The predicted octanol–water partition coefficient (Wildman–Crippen LogP) is 3.95. The predicted molar refractivity (Wildman–Crippen MR) is 78.3 cm³/mol. The minimum Gasteiger partial charge on any atom is -0.381 e. The summed E-state index contributed by atoms with van der Waals surface area (Å²) in [7, 11) is 0. The zero-order chi connectivity index (χ0) is 13.2. The second-order valence-corrected chi connectivity index (χ2v) is 5.77. The third-order valence-corrected chi connectivity index (χ3v) is 4.59. The Morgan fingerprint density at radius 2 is 2.26 bits per heavy atom. The van der Waals surface area contributed by atoms with Crippen molar-refractivity contribution in [2.24, 2.45) is 0 Å². The van der Waals surface area contributed by atoms with Crippen molar-refractivity contribution in [3.8, 4) is 16.5 Å². The molecule has 1 aromatic carbocycles. The van der Waals surface area contributed by atoms with E-state index in [0.717, 1.165) is 22.5 Å². The molecular weight excluding hydrogens is 254 g/mol. The SMILES string of the molecule is Cc1ncsc1-c1ccc(C#N)c(NC2CCC2)c1. The summed E-state index contributed by atoms with van der Waals surface area (Å²) in [5.41, 5.74) is 5.72. The summed E-state index contributed by atoms with van der Waals surface area (Å²) in [5, 5.41) is 12.7. The summed E-state index contributed by atoms with van der Waals surface area (Å²) in [5.74, 6) is 0. The van der Waals surface area contributed by atoms with Crippen LogP contribution in [0.15, 0.2) is 23.7 Å². The van der Waals surface area contributed by atoms with Crippen molar-refractivity contribution in [1.29, 1.82) is 5.26 Å². The molecule has 3 rings (SSSR count). The highest BCUT2D eigenvalue weighted by Crippen LogP contribution is 2.32. The molecule has 4 heteroatoms. The van der Waals surface area contributed by atoms with Crippen molar-refractivity contribution in [3.63, 3.8) is 0 Å². The van der Waals surface area contributed by atoms with Crippen molar-refractivity contribution in [2.75, 3.05) is 5.32 Å². The Labute approximate surface area is 116 Å². The highest BCUT2D eigenvalue weighted by molar-refractivity contribution is 7.13. The maximum atomic E-state index is 9.20. The van der Waals surface area contributed by atoms with Gasteiger partial charge in [-0.25, -0.2) is 4.98 Å². The Morgan fingerprint density at radius 3 is 2.84 bits per heavy atom. The van der Waals surface area contributed by atoms with E-state index in [1.165, 1.54) is 24.1 Å². The number of hydrogen-bond donors (Lipinski definition) is 1. The van der Waals surface area contributed by atoms with Gasteiger partial charge in [-0.05, 0) is 43.9 Å². The number of rotatable bonds is 3. The van der Waals surface area contributed by atoms with E-state index in [-0.39, 0.29) is 0 Å². The molecule has 3 nitrogen and oxygen atoms in total. The van der Waals surface area contributed by atoms with Crippen molar-refractivity contribution in [3.05, 3.63) is 35.0 Å². The Morgan fingerprint density at radius 1 is 1.42 bits per heavy atom. The Balaban J connectivity index is 1.97. The first kappa shape index (κ1) is 12.2. The van der Waals surface area contributed by atoms with E-state index < -0.39 is 0 Å². The van der Waals surface area contributed by atoms with Crippen LogP contribution < -0.4 is 5.32 Å². The van der Waals surface area contributed by atoms with Gasteiger partial charge in [0, 0.05) is 6.04 Å². The number of benzene rings is 1. The largest absolute Gasteiger partial charge is 0.381 e. The van der Waals surface area contributed by atoms with Gasteiger partial charge in [-0.2, -0.15) is 5.26 Å². The molecule has 0 amide bonds. The normalized spacial score (nSPS) is 14.7. The van der Waals surface area contributed by atoms with Gasteiger partial charge in [0.1, 0.15) is 6.07 Å². The molecule has 1 fully saturated rings. The van der Waals surface area contributed by atoms with E-state index in [1.54, 1.807) is 11.3 Å².